The first-order valence-electron chi connectivity index (χ1n) is 5.24. The summed E-state index contributed by atoms with van der Waals surface area (Å²) in [6.45, 7) is 0.928. The van der Waals surface area contributed by atoms with Gasteiger partial charge in [-0.25, -0.2) is 0 Å². The van der Waals surface area contributed by atoms with Crippen LogP contribution in [0.3, 0.4) is 0 Å². The molecule has 0 atom stereocenters. The lowest BCUT2D eigenvalue weighted by Gasteiger charge is -2.06. The van der Waals surface area contributed by atoms with Gasteiger partial charge in [-0.3, -0.25) is 0 Å². The number of hydrogen-bond donors (Lipinski definition) is 2. The lowest BCUT2D eigenvalue weighted by atomic mass is 10.2. The molecule has 0 amide bonds. The van der Waals surface area contributed by atoms with Gasteiger partial charge in [-0.05, 0) is 37.3 Å². The lowest BCUT2D eigenvalue weighted by Crippen LogP contribution is -2.13. The van der Waals surface area contributed by atoms with Gasteiger partial charge < -0.3 is 11.1 Å². The molecule has 2 heteroatoms. The molecule has 1 aliphatic heterocycles. The number of unbranched alkanes of at least 4 members (excludes halogenated alkanes) is 1. The number of rotatable bonds is 5. The summed E-state index contributed by atoms with van der Waals surface area (Å²) in [7, 11) is 0. The predicted octanol–water partition coefficient (Wildman–Crippen LogP) is 2.39. The SMILES string of the molecule is N/C=C\C=C/CC/C=C/C1=CC=CCN1. The first kappa shape index (κ1) is 11.4. The van der Waals surface area contributed by atoms with E-state index in [-0.39, 0.29) is 0 Å². The number of allylic oxidation sites excluding steroid dienone is 7. The molecule has 0 bridgehead atoms. The third-order valence-electron chi connectivity index (χ3n) is 1.99. The van der Waals surface area contributed by atoms with Crippen LogP contribution in [0.25, 0.3) is 0 Å². The highest BCUT2D eigenvalue weighted by atomic mass is 14.9. The smallest absolute Gasteiger partial charge is 0.0339 e. The monoisotopic (exact) mass is 202 g/mol. The first-order valence-corrected chi connectivity index (χ1v) is 5.24. The molecule has 0 aliphatic carbocycles. The highest BCUT2D eigenvalue weighted by Crippen LogP contribution is 2.00. The molecular formula is C13H18N2. The fraction of sp³-hybridized carbons (Fsp3) is 0.231. The zero-order valence-corrected chi connectivity index (χ0v) is 8.89. The molecule has 0 aromatic heterocycles. The Bertz CT molecular complexity index is 306. The van der Waals surface area contributed by atoms with Crippen LogP contribution >= 0.6 is 0 Å². The van der Waals surface area contributed by atoms with Gasteiger partial charge in [-0.15, -0.1) is 0 Å². The molecular weight excluding hydrogens is 184 g/mol. The fourth-order valence-electron chi connectivity index (χ4n) is 1.23. The van der Waals surface area contributed by atoms with Gasteiger partial charge in [0.2, 0.25) is 0 Å². The van der Waals surface area contributed by atoms with Crippen LogP contribution in [0.1, 0.15) is 12.8 Å². The van der Waals surface area contributed by atoms with Crippen LogP contribution < -0.4 is 11.1 Å². The van der Waals surface area contributed by atoms with Crippen LogP contribution in [-0.2, 0) is 0 Å². The third kappa shape index (κ3) is 5.57. The average molecular weight is 202 g/mol. The van der Waals surface area contributed by atoms with Crippen molar-refractivity contribution in [1.29, 1.82) is 0 Å². The van der Waals surface area contributed by atoms with Crippen molar-refractivity contribution in [2.45, 2.75) is 12.8 Å². The Morgan fingerprint density at radius 3 is 2.87 bits per heavy atom. The van der Waals surface area contributed by atoms with Gasteiger partial charge in [0.15, 0.2) is 0 Å². The minimum absolute atomic E-state index is 0.928. The molecule has 0 saturated carbocycles. The largest absolute Gasteiger partial charge is 0.405 e. The van der Waals surface area contributed by atoms with E-state index >= 15 is 0 Å². The topological polar surface area (TPSA) is 38.0 Å². The van der Waals surface area contributed by atoms with E-state index < -0.39 is 0 Å². The van der Waals surface area contributed by atoms with Crippen molar-refractivity contribution in [2.24, 2.45) is 5.73 Å². The van der Waals surface area contributed by atoms with Gasteiger partial charge in [-0.1, -0.05) is 30.4 Å². The summed E-state index contributed by atoms with van der Waals surface area (Å²) in [5.74, 6) is 0. The van der Waals surface area contributed by atoms with Gasteiger partial charge in [-0.2, -0.15) is 0 Å². The van der Waals surface area contributed by atoms with Crippen molar-refractivity contribution in [3.8, 4) is 0 Å². The van der Waals surface area contributed by atoms with Crippen LogP contribution in [0.5, 0.6) is 0 Å². The fourth-order valence-corrected chi connectivity index (χ4v) is 1.23. The van der Waals surface area contributed by atoms with Crippen LogP contribution in [0.15, 0.2) is 60.5 Å². The predicted molar refractivity (Wildman–Crippen MR) is 66.1 cm³/mol. The molecule has 0 aromatic carbocycles. The van der Waals surface area contributed by atoms with Crippen molar-refractivity contribution in [3.05, 3.63) is 60.5 Å². The Kier molecular flexibility index (Phi) is 5.82. The van der Waals surface area contributed by atoms with Gasteiger partial charge in [0.05, 0.1) is 0 Å². The summed E-state index contributed by atoms with van der Waals surface area (Å²) in [4.78, 5) is 0. The highest BCUT2D eigenvalue weighted by molar-refractivity contribution is 5.25. The second-order valence-corrected chi connectivity index (χ2v) is 3.22. The van der Waals surface area contributed by atoms with Gasteiger partial charge >= 0.3 is 0 Å². The number of dihydropyridines is 1. The van der Waals surface area contributed by atoms with Crippen molar-refractivity contribution >= 4 is 0 Å². The molecule has 0 saturated heterocycles. The number of nitrogens with two attached hydrogens (primary N) is 1. The van der Waals surface area contributed by atoms with E-state index in [0.29, 0.717) is 0 Å². The molecule has 2 nitrogen and oxygen atoms in total. The Hall–Kier alpha value is -1.70. The molecule has 3 N–H and O–H groups in total. The summed E-state index contributed by atoms with van der Waals surface area (Å²) in [5, 5.41) is 3.27. The van der Waals surface area contributed by atoms with E-state index in [0.717, 1.165) is 19.4 Å². The molecule has 1 rings (SSSR count). The molecule has 15 heavy (non-hydrogen) atoms. The van der Waals surface area contributed by atoms with E-state index in [1.807, 2.05) is 12.2 Å². The van der Waals surface area contributed by atoms with E-state index in [2.05, 4.69) is 41.8 Å². The molecule has 1 aliphatic rings. The van der Waals surface area contributed by atoms with E-state index in [1.165, 1.54) is 11.9 Å². The quantitative estimate of drug-likeness (QED) is 0.530. The van der Waals surface area contributed by atoms with E-state index in [4.69, 9.17) is 5.73 Å². The van der Waals surface area contributed by atoms with Crippen LogP contribution in [0.4, 0.5) is 0 Å². The molecule has 1 heterocycles. The van der Waals surface area contributed by atoms with Crippen LogP contribution in [0.2, 0.25) is 0 Å². The summed E-state index contributed by atoms with van der Waals surface area (Å²) < 4.78 is 0. The maximum atomic E-state index is 5.20. The van der Waals surface area contributed by atoms with E-state index in [1.54, 1.807) is 0 Å². The minimum atomic E-state index is 0.928. The summed E-state index contributed by atoms with van der Waals surface area (Å²) >= 11 is 0. The third-order valence-corrected chi connectivity index (χ3v) is 1.99. The second kappa shape index (κ2) is 7.68. The molecule has 0 spiro atoms. The molecule has 0 radical (unpaired) electrons. The summed E-state index contributed by atoms with van der Waals surface area (Å²) in [6.07, 6.45) is 20.1. The van der Waals surface area contributed by atoms with E-state index in [9.17, 15) is 0 Å². The van der Waals surface area contributed by atoms with Crippen LogP contribution in [0, 0.1) is 0 Å². The van der Waals surface area contributed by atoms with Gasteiger partial charge in [0.25, 0.3) is 0 Å². The Balaban J connectivity index is 2.16. The maximum absolute atomic E-state index is 5.20. The maximum Gasteiger partial charge on any atom is 0.0339 e. The molecule has 0 aromatic rings. The zero-order valence-electron chi connectivity index (χ0n) is 8.89. The number of hydrogen-bond acceptors (Lipinski definition) is 2. The zero-order chi connectivity index (χ0) is 10.8. The summed E-state index contributed by atoms with van der Waals surface area (Å²) in [6, 6.07) is 0. The molecule has 0 unspecified atom stereocenters. The first-order chi connectivity index (χ1) is 7.43. The average Bonchev–Trinajstić information content (AvgIpc) is 2.29. The Labute approximate surface area is 91.6 Å². The van der Waals surface area contributed by atoms with Crippen LogP contribution in [-0.4, -0.2) is 6.54 Å². The normalized spacial score (nSPS) is 16.4. The van der Waals surface area contributed by atoms with Crippen molar-refractivity contribution in [1.82, 2.24) is 5.32 Å². The van der Waals surface area contributed by atoms with Gasteiger partial charge in [0, 0.05) is 12.2 Å². The second-order valence-electron chi connectivity index (χ2n) is 3.22. The number of nitrogens with one attached hydrogen (secondary N) is 1. The van der Waals surface area contributed by atoms with Crippen molar-refractivity contribution in [2.75, 3.05) is 6.54 Å². The highest BCUT2D eigenvalue weighted by Gasteiger charge is 1.90. The standard InChI is InChI=1S/C13H18N2/c14-11-7-4-2-1-3-5-9-13-10-6-8-12-15-13/h2,4-11,15H,1,3,12,14H2/b4-2-,9-5+,11-7-. The Morgan fingerprint density at radius 2 is 2.13 bits per heavy atom. The molecule has 80 valence electrons. The van der Waals surface area contributed by atoms with Gasteiger partial charge in [0.1, 0.15) is 0 Å². The minimum Gasteiger partial charge on any atom is -0.405 e. The van der Waals surface area contributed by atoms with Crippen molar-refractivity contribution in [3.63, 3.8) is 0 Å². The lowest BCUT2D eigenvalue weighted by molar-refractivity contribution is 0.917. The molecule has 0 fully saturated rings. The Morgan fingerprint density at radius 1 is 1.27 bits per heavy atom. The summed E-state index contributed by atoms with van der Waals surface area (Å²) in [5.41, 5.74) is 6.38. The van der Waals surface area contributed by atoms with Crippen molar-refractivity contribution < 1.29 is 0 Å².